The molecule has 0 amide bonds. The predicted molar refractivity (Wildman–Crippen MR) is 75.4 cm³/mol. The van der Waals surface area contributed by atoms with Crippen molar-refractivity contribution in [1.29, 1.82) is 0 Å². The van der Waals surface area contributed by atoms with Crippen LogP contribution < -0.4 is 0 Å². The van der Waals surface area contributed by atoms with Crippen LogP contribution in [0.1, 0.15) is 43.8 Å². The second kappa shape index (κ2) is 4.40. The summed E-state index contributed by atoms with van der Waals surface area (Å²) in [4.78, 5) is 21.2. The Morgan fingerprint density at radius 1 is 1.50 bits per heavy atom. The van der Waals surface area contributed by atoms with Crippen molar-refractivity contribution < 1.29 is 9.90 Å². The van der Waals surface area contributed by atoms with Crippen molar-refractivity contribution >= 4 is 5.78 Å². The van der Waals surface area contributed by atoms with Gasteiger partial charge in [-0.1, -0.05) is 13.8 Å². The molecule has 106 valence electrons. The Balaban J connectivity index is 2.16. The predicted octanol–water partition coefficient (Wildman–Crippen LogP) is 2.66. The van der Waals surface area contributed by atoms with Gasteiger partial charge in [0, 0.05) is 23.1 Å². The third-order valence-electron chi connectivity index (χ3n) is 5.12. The molecule has 1 saturated carbocycles. The molecule has 4 heteroatoms. The number of fused-ring (bicyclic) bond motifs is 3. The van der Waals surface area contributed by atoms with Crippen molar-refractivity contribution in [3.63, 3.8) is 0 Å². The molecule has 0 bridgehead atoms. The molecule has 0 aliphatic heterocycles. The van der Waals surface area contributed by atoms with Gasteiger partial charge in [-0.25, -0.2) is 9.97 Å². The summed E-state index contributed by atoms with van der Waals surface area (Å²) < 4.78 is 0. The van der Waals surface area contributed by atoms with Crippen LogP contribution in [-0.4, -0.2) is 20.9 Å². The summed E-state index contributed by atoms with van der Waals surface area (Å²) in [5.74, 6) is 1.09. The molecule has 4 nitrogen and oxygen atoms in total. The van der Waals surface area contributed by atoms with E-state index in [0.29, 0.717) is 17.9 Å². The third-order valence-corrected chi connectivity index (χ3v) is 5.12. The summed E-state index contributed by atoms with van der Waals surface area (Å²) in [6.07, 6.45) is 5.40. The van der Waals surface area contributed by atoms with Crippen molar-refractivity contribution in [2.45, 2.75) is 45.4 Å². The summed E-state index contributed by atoms with van der Waals surface area (Å²) in [5.41, 5.74) is 2.61. The number of hydrogen-bond acceptors (Lipinski definition) is 4. The topological polar surface area (TPSA) is 63.1 Å². The lowest BCUT2D eigenvalue weighted by molar-refractivity contribution is -0.124. The minimum absolute atomic E-state index is 0.0597. The van der Waals surface area contributed by atoms with E-state index in [0.717, 1.165) is 30.6 Å². The molecule has 0 spiro atoms. The first kappa shape index (κ1) is 13.3. The first-order valence-corrected chi connectivity index (χ1v) is 7.18. The van der Waals surface area contributed by atoms with E-state index in [4.69, 9.17) is 0 Å². The van der Waals surface area contributed by atoms with Crippen LogP contribution in [0.5, 0.6) is 0 Å². The Hall–Kier alpha value is -1.71. The molecule has 1 heterocycles. The van der Waals surface area contributed by atoms with Crippen LogP contribution >= 0.6 is 0 Å². The van der Waals surface area contributed by atoms with Gasteiger partial charge in [-0.3, -0.25) is 4.79 Å². The molecule has 1 N–H and O–H groups in total. The lowest BCUT2D eigenvalue weighted by Gasteiger charge is -2.48. The number of Topliss-reactive ketones (excluding diaryl/α,β-unsaturated/α-hetero) is 1. The largest absolute Gasteiger partial charge is 0.515 e. The fourth-order valence-electron chi connectivity index (χ4n) is 4.06. The number of ketones is 1. The molecular formula is C16H20N2O2. The molecule has 1 aromatic rings. The minimum Gasteiger partial charge on any atom is -0.515 e. The first-order valence-electron chi connectivity index (χ1n) is 7.18. The van der Waals surface area contributed by atoms with Crippen molar-refractivity contribution in [1.82, 2.24) is 9.97 Å². The monoisotopic (exact) mass is 272 g/mol. The highest BCUT2D eigenvalue weighted by molar-refractivity contribution is 5.98. The molecule has 0 aromatic carbocycles. The maximum Gasteiger partial charge on any atom is 0.165 e. The summed E-state index contributed by atoms with van der Waals surface area (Å²) in [5, 5.41) is 9.37. The number of aliphatic hydroxyl groups excluding tert-OH is 1. The summed E-state index contributed by atoms with van der Waals surface area (Å²) in [7, 11) is 0. The van der Waals surface area contributed by atoms with E-state index in [9.17, 15) is 9.90 Å². The van der Waals surface area contributed by atoms with Crippen LogP contribution in [0, 0.1) is 18.8 Å². The third kappa shape index (κ3) is 1.70. The first-order chi connectivity index (χ1) is 9.47. The number of rotatable bonds is 0. The standard InChI is InChI=1S/C16H20N2O2/c1-9-13-5-4-11-7-17-10(2)18-15(11)16(13,3)6-12(8-19)14(9)20/h7-9,13,19H,4-6H2,1-3H3/b12-8-/t9-,13-,16-/m0/s1. The van der Waals surface area contributed by atoms with E-state index >= 15 is 0 Å². The van der Waals surface area contributed by atoms with Gasteiger partial charge in [0.1, 0.15) is 5.82 Å². The van der Waals surface area contributed by atoms with Crippen molar-refractivity contribution in [3.8, 4) is 0 Å². The zero-order valence-corrected chi connectivity index (χ0v) is 12.2. The van der Waals surface area contributed by atoms with E-state index < -0.39 is 0 Å². The van der Waals surface area contributed by atoms with E-state index in [1.807, 2.05) is 20.0 Å². The lowest BCUT2D eigenvalue weighted by Crippen LogP contribution is -2.48. The van der Waals surface area contributed by atoms with Gasteiger partial charge in [0.05, 0.1) is 12.0 Å². The number of carbonyl (C=O) groups excluding carboxylic acids is 1. The molecule has 2 aliphatic rings. The Morgan fingerprint density at radius 3 is 2.95 bits per heavy atom. The Bertz CT molecular complexity index is 608. The maximum absolute atomic E-state index is 12.3. The summed E-state index contributed by atoms with van der Waals surface area (Å²) in [6.45, 7) is 6.05. The average Bonchev–Trinajstić information content (AvgIpc) is 2.43. The Kier molecular flexibility index (Phi) is 2.92. The van der Waals surface area contributed by atoms with Crippen molar-refractivity contribution in [3.05, 3.63) is 35.1 Å². The normalized spacial score (nSPS) is 34.8. The molecule has 20 heavy (non-hydrogen) atoms. The zero-order valence-electron chi connectivity index (χ0n) is 12.2. The molecule has 3 atom stereocenters. The van der Waals surface area contributed by atoms with E-state index in [2.05, 4.69) is 16.9 Å². The van der Waals surface area contributed by atoms with Crippen LogP contribution in [0.3, 0.4) is 0 Å². The maximum atomic E-state index is 12.3. The fourth-order valence-corrected chi connectivity index (χ4v) is 4.06. The van der Waals surface area contributed by atoms with E-state index in [1.165, 1.54) is 5.56 Å². The van der Waals surface area contributed by atoms with E-state index in [-0.39, 0.29) is 17.1 Å². The Labute approximate surface area is 119 Å². The van der Waals surface area contributed by atoms with Gasteiger partial charge in [0.25, 0.3) is 0 Å². The van der Waals surface area contributed by atoms with Gasteiger partial charge in [0.15, 0.2) is 5.78 Å². The van der Waals surface area contributed by atoms with Crippen LogP contribution in [0.2, 0.25) is 0 Å². The number of aliphatic hydroxyl groups is 1. The molecular weight excluding hydrogens is 252 g/mol. The van der Waals surface area contributed by atoms with Crippen LogP contribution in [0.25, 0.3) is 0 Å². The number of allylic oxidation sites excluding steroid dienone is 1. The average molecular weight is 272 g/mol. The highest BCUT2D eigenvalue weighted by Crippen LogP contribution is 2.51. The van der Waals surface area contributed by atoms with Crippen molar-refractivity contribution in [2.75, 3.05) is 0 Å². The van der Waals surface area contributed by atoms with Crippen LogP contribution in [0.4, 0.5) is 0 Å². The number of aryl methyl sites for hydroxylation is 2. The molecule has 2 aliphatic carbocycles. The van der Waals surface area contributed by atoms with Crippen LogP contribution in [-0.2, 0) is 16.6 Å². The SMILES string of the molecule is Cc1ncc2c(n1)[C@@]1(C)C/C(=C/O)C(=O)[C@@H](C)[C@@H]1CC2. The molecule has 3 rings (SSSR count). The van der Waals surface area contributed by atoms with Crippen molar-refractivity contribution in [2.24, 2.45) is 11.8 Å². The molecule has 0 radical (unpaired) electrons. The number of aromatic nitrogens is 2. The molecule has 0 saturated heterocycles. The summed E-state index contributed by atoms with van der Waals surface area (Å²) >= 11 is 0. The quantitative estimate of drug-likeness (QED) is 0.582. The Morgan fingerprint density at radius 2 is 2.25 bits per heavy atom. The fraction of sp³-hybridized carbons (Fsp3) is 0.562. The highest BCUT2D eigenvalue weighted by Gasteiger charge is 2.50. The molecule has 0 unspecified atom stereocenters. The second-order valence-electron chi connectivity index (χ2n) is 6.34. The minimum atomic E-state index is -0.177. The molecule has 1 aromatic heterocycles. The summed E-state index contributed by atoms with van der Waals surface area (Å²) in [6, 6.07) is 0. The van der Waals surface area contributed by atoms with Gasteiger partial charge >= 0.3 is 0 Å². The van der Waals surface area contributed by atoms with Gasteiger partial charge in [-0.15, -0.1) is 0 Å². The number of hydrogen-bond donors (Lipinski definition) is 1. The van der Waals surface area contributed by atoms with Gasteiger partial charge < -0.3 is 5.11 Å². The van der Waals surface area contributed by atoms with E-state index in [1.54, 1.807) is 0 Å². The van der Waals surface area contributed by atoms with Gasteiger partial charge in [-0.05, 0) is 37.7 Å². The molecule has 1 fully saturated rings. The number of nitrogens with zero attached hydrogens (tertiary/aromatic N) is 2. The lowest BCUT2D eigenvalue weighted by atomic mass is 9.55. The van der Waals surface area contributed by atoms with Gasteiger partial charge in [-0.2, -0.15) is 0 Å². The van der Waals surface area contributed by atoms with Gasteiger partial charge in [0.2, 0.25) is 0 Å². The number of carbonyl (C=O) groups is 1. The zero-order chi connectivity index (χ0) is 14.5. The smallest absolute Gasteiger partial charge is 0.165 e. The second-order valence-corrected chi connectivity index (χ2v) is 6.34. The highest BCUT2D eigenvalue weighted by atomic mass is 16.2. The van der Waals surface area contributed by atoms with Crippen LogP contribution in [0.15, 0.2) is 18.0 Å².